The zero-order chi connectivity index (χ0) is 11.0. The van der Waals surface area contributed by atoms with E-state index in [1.807, 2.05) is 0 Å². The highest BCUT2D eigenvalue weighted by Crippen LogP contribution is 2.42. The van der Waals surface area contributed by atoms with E-state index in [-0.39, 0.29) is 0 Å². The van der Waals surface area contributed by atoms with E-state index in [4.69, 9.17) is 16.3 Å². The van der Waals surface area contributed by atoms with Crippen LogP contribution >= 0.6 is 38.9 Å². The first kappa shape index (κ1) is 11.9. The van der Waals surface area contributed by atoms with Gasteiger partial charge < -0.3 is 4.74 Å². The molecule has 2 heterocycles. The van der Waals surface area contributed by atoms with Crippen LogP contribution in [0.1, 0.15) is 28.6 Å². The number of aryl methyl sites for hydroxylation is 1. The van der Waals surface area contributed by atoms with E-state index in [1.54, 1.807) is 11.3 Å². The van der Waals surface area contributed by atoms with Gasteiger partial charge in [0.15, 0.2) is 0 Å². The van der Waals surface area contributed by atoms with Gasteiger partial charge in [-0.3, -0.25) is 0 Å². The minimum absolute atomic E-state index is 0.388. The van der Waals surface area contributed by atoms with Crippen LogP contribution in [0.15, 0.2) is 6.07 Å². The van der Waals surface area contributed by atoms with E-state index in [0.717, 1.165) is 17.4 Å². The molecule has 1 aromatic heterocycles. The number of halogens is 2. The van der Waals surface area contributed by atoms with Gasteiger partial charge in [-0.2, -0.15) is 0 Å². The van der Waals surface area contributed by atoms with Crippen LogP contribution in [0.5, 0.6) is 0 Å². The molecular weight excluding hydrogens is 296 g/mol. The van der Waals surface area contributed by atoms with Crippen LogP contribution < -0.4 is 0 Å². The van der Waals surface area contributed by atoms with Crippen molar-refractivity contribution in [2.75, 3.05) is 6.61 Å². The summed E-state index contributed by atoms with van der Waals surface area (Å²) in [5.74, 6) is 0.578. The summed E-state index contributed by atoms with van der Waals surface area (Å²) in [6.07, 6.45) is 1.52. The van der Waals surface area contributed by atoms with Crippen LogP contribution in [0.2, 0.25) is 4.34 Å². The molecule has 0 radical (unpaired) electrons. The average molecular weight is 310 g/mol. The molecule has 0 amide bonds. The van der Waals surface area contributed by atoms with Crippen LogP contribution in [0.25, 0.3) is 0 Å². The molecule has 84 valence electrons. The first-order valence-corrected chi connectivity index (χ1v) is 7.20. The lowest BCUT2D eigenvalue weighted by Crippen LogP contribution is -2.06. The predicted molar refractivity (Wildman–Crippen MR) is 69.3 cm³/mol. The van der Waals surface area contributed by atoms with Crippen molar-refractivity contribution in [1.82, 2.24) is 0 Å². The van der Waals surface area contributed by atoms with Crippen molar-refractivity contribution in [3.8, 4) is 0 Å². The quantitative estimate of drug-likeness (QED) is 0.727. The Morgan fingerprint density at radius 3 is 2.87 bits per heavy atom. The van der Waals surface area contributed by atoms with Crippen LogP contribution in [0.4, 0.5) is 0 Å². The molecule has 1 fully saturated rings. The van der Waals surface area contributed by atoms with Crippen LogP contribution in [0.3, 0.4) is 0 Å². The summed E-state index contributed by atoms with van der Waals surface area (Å²) in [6.45, 7) is 5.04. The normalized spacial score (nSPS) is 28.3. The number of ether oxygens (including phenoxy) is 1. The molecule has 0 aromatic carbocycles. The van der Waals surface area contributed by atoms with E-state index in [1.165, 1.54) is 10.4 Å². The molecular formula is C11H14BrClOS. The Hall–Kier alpha value is 0.430. The van der Waals surface area contributed by atoms with Gasteiger partial charge in [0.05, 0.1) is 21.9 Å². The van der Waals surface area contributed by atoms with E-state index < -0.39 is 0 Å². The molecule has 1 aliphatic rings. The molecule has 3 atom stereocenters. The molecule has 4 heteroatoms. The first-order valence-electron chi connectivity index (χ1n) is 5.09. The lowest BCUT2D eigenvalue weighted by molar-refractivity contribution is 0.120. The minimum Gasteiger partial charge on any atom is -0.378 e. The molecule has 1 saturated heterocycles. The van der Waals surface area contributed by atoms with Crippen molar-refractivity contribution in [2.45, 2.75) is 31.2 Å². The van der Waals surface area contributed by atoms with Gasteiger partial charge in [-0.05, 0) is 31.9 Å². The number of hydrogen-bond donors (Lipinski definition) is 0. The average Bonchev–Trinajstić information content (AvgIpc) is 2.74. The summed E-state index contributed by atoms with van der Waals surface area (Å²) in [5, 5.41) is 0. The molecule has 3 unspecified atom stereocenters. The molecule has 0 spiro atoms. The number of rotatable bonds is 2. The minimum atomic E-state index is 0.388. The Balaban J connectivity index is 2.10. The van der Waals surface area contributed by atoms with E-state index in [0.29, 0.717) is 16.8 Å². The maximum atomic E-state index is 6.08. The third kappa shape index (κ3) is 2.57. The molecule has 1 aliphatic heterocycles. The van der Waals surface area contributed by atoms with Gasteiger partial charge in [0, 0.05) is 10.8 Å². The van der Waals surface area contributed by atoms with Gasteiger partial charge in [-0.15, -0.1) is 11.3 Å². The molecule has 0 bridgehead atoms. The zero-order valence-corrected chi connectivity index (χ0v) is 12.0. The largest absolute Gasteiger partial charge is 0.378 e. The summed E-state index contributed by atoms with van der Waals surface area (Å²) >= 11 is 11.5. The summed E-state index contributed by atoms with van der Waals surface area (Å²) in [7, 11) is 0. The summed E-state index contributed by atoms with van der Waals surface area (Å²) < 4.78 is 6.49. The van der Waals surface area contributed by atoms with Crippen LogP contribution in [-0.2, 0) is 4.74 Å². The molecule has 15 heavy (non-hydrogen) atoms. The summed E-state index contributed by atoms with van der Waals surface area (Å²) in [6, 6.07) is 2.18. The molecule has 0 N–H and O–H groups in total. The molecule has 1 aromatic rings. The molecule has 1 nitrogen and oxygen atoms in total. The fourth-order valence-corrected chi connectivity index (χ4v) is 3.98. The van der Waals surface area contributed by atoms with Crippen molar-refractivity contribution in [2.24, 2.45) is 5.92 Å². The lowest BCUT2D eigenvalue weighted by Gasteiger charge is -2.13. The molecule has 0 aliphatic carbocycles. The Kier molecular flexibility index (Phi) is 3.76. The fourth-order valence-electron chi connectivity index (χ4n) is 1.91. The number of alkyl halides is 1. The smallest absolute Gasteiger partial charge is 0.0960 e. The highest BCUT2D eigenvalue weighted by molar-refractivity contribution is 9.09. The van der Waals surface area contributed by atoms with E-state index in [9.17, 15) is 0 Å². The zero-order valence-electron chi connectivity index (χ0n) is 8.80. The highest BCUT2D eigenvalue weighted by atomic mass is 79.9. The maximum Gasteiger partial charge on any atom is 0.0960 e. The van der Waals surface area contributed by atoms with Gasteiger partial charge in [0.2, 0.25) is 0 Å². The standard InChI is InChI=1S/C11H14BrClOS/c1-6-3-9(15-11(6)13)10(12)8-4-7(2)14-5-8/h3,7-8,10H,4-5H2,1-2H3. The van der Waals surface area contributed by atoms with Gasteiger partial charge in [0.1, 0.15) is 0 Å². The second kappa shape index (κ2) is 4.74. The van der Waals surface area contributed by atoms with E-state index in [2.05, 4.69) is 35.8 Å². The second-order valence-corrected chi connectivity index (χ2v) is 6.82. The van der Waals surface area contributed by atoms with Crippen molar-refractivity contribution >= 4 is 38.9 Å². The Bertz CT molecular complexity index is 333. The Morgan fingerprint density at radius 1 is 1.67 bits per heavy atom. The molecule has 2 rings (SSSR count). The van der Waals surface area contributed by atoms with Gasteiger partial charge >= 0.3 is 0 Å². The Labute approximate surface area is 108 Å². The topological polar surface area (TPSA) is 9.23 Å². The van der Waals surface area contributed by atoms with Gasteiger partial charge in [-0.25, -0.2) is 0 Å². The monoisotopic (exact) mass is 308 g/mol. The Morgan fingerprint density at radius 2 is 2.40 bits per heavy atom. The van der Waals surface area contributed by atoms with Gasteiger partial charge in [-0.1, -0.05) is 27.5 Å². The third-order valence-corrected chi connectivity index (χ3v) is 5.97. The highest BCUT2D eigenvalue weighted by Gasteiger charge is 2.30. The second-order valence-electron chi connectivity index (χ2n) is 4.15. The summed E-state index contributed by atoms with van der Waals surface area (Å²) in [5.41, 5.74) is 1.17. The third-order valence-electron chi connectivity index (χ3n) is 2.79. The van der Waals surface area contributed by atoms with Crippen molar-refractivity contribution in [3.63, 3.8) is 0 Å². The van der Waals surface area contributed by atoms with E-state index >= 15 is 0 Å². The summed E-state index contributed by atoms with van der Waals surface area (Å²) in [4.78, 5) is 1.71. The fraction of sp³-hybridized carbons (Fsp3) is 0.636. The number of hydrogen-bond acceptors (Lipinski definition) is 2. The lowest BCUT2D eigenvalue weighted by atomic mass is 10.0. The van der Waals surface area contributed by atoms with Crippen molar-refractivity contribution < 1.29 is 4.74 Å². The van der Waals surface area contributed by atoms with Gasteiger partial charge in [0.25, 0.3) is 0 Å². The predicted octanol–water partition coefficient (Wildman–Crippen LogP) is 4.57. The SMILES string of the molecule is Cc1cc(C(Br)C2COC(C)C2)sc1Cl. The maximum absolute atomic E-state index is 6.08. The van der Waals surface area contributed by atoms with Crippen molar-refractivity contribution in [1.29, 1.82) is 0 Å². The van der Waals surface area contributed by atoms with Crippen molar-refractivity contribution in [3.05, 3.63) is 20.8 Å². The van der Waals surface area contributed by atoms with Crippen LogP contribution in [0, 0.1) is 12.8 Å². The molecule has 0 saturated carbocycles. The first-order chi connectivity index (χ1) is 7.08. The number of thiophene rings is 1. The van der Waals surface area contributed by atoms with Crippen LogP contribution in [-0.4, -0.2) is 12.7 Å².